The molecule has 6 nitrogen and oxygen atoms in total. The predicted octanol–water partition coefficient (Wildman–Crippen LogP) is 1.58. The lowest BCUT2D eigenvalue weighted by Crippen LogP contribution is -2.29. The summed E-state index contributed by atoms with van der Waals surface area (Å²) in [5.41, 5.74) is 0.877. The fraction of sp³-hybridized carbons (Fsp3) is 0.364. The van der Waals surface area contributed by atoms with E-state index in [1.54, 1.807) is 0 Å². The summed E-state index contributed by atoms with van der Waals surface area (Å²) in [7, 11) is 0. The highest BCUT2D eigenvalue weighted by Crippen LogP contribution is 2.21. The molecule has 0 heterocycles. The number of nitro benzene ring substituents is 1. The van der Waals surface area contributed by atoms with E-state index < -0.39 is 4.92 Å². The van der Waals surface area contributed by atoms with Gasteiger partial charge in [0.1, 0.15) is 0 Å². The normalized spacial score (nSPS) is 10.1. The highest BCUT2D eigenvalue weighted by Gasteiger charge is 2.08. The van der Waals surface area contributed by atoms with Crippen molar-refractivity contribution >= 4 is 27.5 Å². The minimum absolute atomic E-state index is 0.0584. The summed E-state index contributed by atoms with van der Waals surface area (Å²) < 4.78 is 0.676. The Morgan fingerprint density at radius 1 is 1.39 bits per heavy atom. The van der Waals surface area contributed by atoms with Gasteiger partial charge in [-0.25, -0.2) is 0 Å². The van der Waals surface area contributed by atoms with E-state index in [4.69, 9.17) is 0 Å². The predicted molar refractivity (Wildman–Crippen MR) is 71.2 cm³/mol. The molecule has 0 aliphatic rings. The molecule has 0 radical (unpaired) electrons. The van der Waals surface area contributed by atoms with Gasteiger partial charge in [0.05, 0.1) is 4.92 Å². The van der Waals surface area contributed by atoms with E-state index in [-0.39, 0.29) is 11.6 Å². The minimum atomic E-state index is -0.425. The monoisotopic (exact) mass is 315 g/mol. The molecule has 0 fully saturated rings. The molecule has 7 heteroatoms. The molecule has 18 heavy (non-hydrogen) atoms. The zero-order chi connectivity index (χ0) is 13.5. The second-order valence-corrected chi connectivity index (χ2v) is 4.65. The first-order valence-corrected chi connectivity index (χ1v) is 6.17. The Morgan fingerprint density at radius 2 is 2.11 bits per heavy atom. The molecule has 1 aromatic rings. The molecule has 1 aromatic carbocycles. The Balaban J connectivity index is 2.47. The Hall–Kier alpha value is -1.47. The number of hydrogen-bond donors (Lipinski definition) is 2. The Labute approximate surface area is 113 Å². The van der Waals surface area contributed by atoms with Gasteiger partial charge in [0, 0.05) is 43.2 Å². The lowest BCUT2D eigenvalue weighted by Gasteiger charge is -2.06. The Kier molecular flexibility index (Phi) is 5.73. The van der Waals surface area contributed by atoms with Crippen LogP contribution in [0.4, 0.5) is 5.69 Å². The molecule has 0 aliphatic heterocycles. The summed E-state index contributed by atoms with van der Waals surface area (Å²) in [5.74, 6) is -0.0742. The van der Waals surface area contributed by atoms with Crippen LogP contribution in [0, 0.1) is 10.1 Å². The largest absolute Gasteiger partial charge is 0.355 e. The van der Waals surface area contributed by atoms with Crippen LogP contribution in [0.5, 0.6) is 0 Å². The third-order valence-corrected chi connectivity index (χ3v) is 2.62. The van der Waals surface area contributed by atoms with Gasteiger partial charge in [-0.3, -0.25) is 14.9 Å². The van der Waals surface area contributed by atoms with E-state index in [0.29, 0.717) is 24.1 Å². The number of amides is 1. The molecule has 0 aromatic heterocycles. The number of rotatable bonds is 6. The third kappa shape index (κ3) is 5.24. The van der Waals surface area contributed by atoms with E-state index in [1.165, 1.54) is 19.1 Å². The van der Waals surface area contributed by atoms with Gasteiger partial charge in [0.25, 0.3) is 5.69 Å². The average Bonchev–Trinajstić information content (AvgIpc) is 2.27. The van der Waals surface area contributed by atoms with Crippen LogP contribution in [0.15, 0.2) is 22.7 Å². The summed E-state index contributed by atoms with van der Waals surface area (Å²) in [6.07, 6.45) is 0. The number of non-ortho nitro benzene ring substituents is 1. The van der Waals surface area contributed by atoms with Crippen LogP contribution in [0.2, 0.25) is 0 Å². The molecule has 98 valence electrons. The van der Waals surface area contributed by atoms with Crippen LogP contribution in [0.1, 0.15) is 12.5 Å². The molecule has 2 N–H and O–H groups in total. The first-order valence-electron chi connectivity index (χ1n) is 5.38. The molecule has 0 saturated carbocycles. The minimum Gasteiger partial charge on any atom is -0.355 e. The lowest BCUT2D eigenvalue weighted by atomic mass is 10.2. The molecule has 0 saturated heterocycles. The smallest absolute Gasteiger partial charge is 0.270 e. The van der Waals surface area contributed by atoms with Crippen LogP contribution in [0.3, 0.4) is 0 Å². The molecule has 0 spiro atoms. The first kappa shape index (κ1) is 14.6. The van der Waals surface area contributed by atoms with Crippen molar-refractivity contribution in [3.63, 3.8) is 0 Å². The molecule has 0 unspecified atom stereocenters. The molecule has 0 bridgehead atoms. The fourth-order valence-electron chi connectivity index (χ4n) is 1.40. The van der Waals surface area contributed by atoms with Gasteiger partial charge in [0.2, 0.25) is 5.91 Å². The summed E-state index contributed by atoms with van der Waals surface area (Å²) in [5, 5.41) is 16.4. The van der Waals surface area contributed by atoms with Crippen molar-refractivity contribution in [1.29, 1.82) is 0 Å². The van der Waals surface area contributed by atoms with Crippen molar-refractivity contribution in [3.8, 4) is 0 Å². The fourth-order valence-corrected chi connectivity index (χ4v) is 1.93. The molecule has 1 rings (SSSR count). The van der Waals surface area contributed by atoms with E-state index in [9.17, 15) is 14.9 Å². The maximum atomic E-state index is 10.7. The van der Waals surface area contributed by atoms with Crippen molar-refractivity contribution in [2.75, 3.05) is 13.1 Å². The molecule has 1 amide bonds. The first-order chi connectivity index (χ1) is 8.49. The van der Waals surface area contributed by atoms with Crippen molar-refractivity contribution in [2.45, 2.75) is 13.5 Å². The van der Waals surface area contributed by atoms with Gasteiger partial charge in [0.15, 0.2) is 0 Å². The maximum Gasteiger partial charge on any atom is 0.270 e. The summed E-state index contributed by atoms with van der Waals surface area (Å²) in [6, 6.07) is 4.80. The number of halogens is 1. The molecule has 0 aliphatic carbocycles. The van der Waals surface area contributed by atoms with Gasteiger partial charge >= 0.3 is 0 Å². The summed E-state index contributed by atoms with van der Waals surface area (Å²) in [4.78, 5) is 20.9. The maximum absolute atomic E-state index is 10.7. The van der Waals surface area contributed by atoms with Crippen LogP contribution in [0.25, 0.3) is 0 Å². The topological polar surface area (TPSA) is 84.3 Å². The van der Waals surface area contributed by atoms with E-state index in [0.717, 1.165) is 5.56 Å². The number of hydrogen-bond acceptors (Lipinski definition) is 4. The van der Waals surface area contributed by atoms with Crippen LogP contribution in [-0.2, 0) is 11.3 Å². The Morgan fingerprint density at radius 3 is 2.72 bits per heavy atom. The number of carbonyl (C=O) groups excluding carboxylic acids is 1. The van der Waals surface area contributed by atoms with Gasteiger partial charge in [-0.1, -0.05) is 15.9 Å². The van der Waals surface area contributed by atoms with Crippen molar-refractivity contribution in [2.24, 2.45) is 0 Å². The van der Waals surface area contributed by atoms with Gasteiger partial charge < -0.3 is 10.6 Å². The van der Waals surface area contributed by atoms with Gasteiger partial charge in [-0.15, -0.1) is 0 Å². The second-order valence-electron chi connectivity index (χ2n) is 3.73. The number of nitro groups is 1. The van der Waals surface area contributed by atoms with Crippen LogP contribution < -0.4 is 10.6 Å². The van der Waals surface area contributed by atoms with Gasteiger partial charge in [-0.2, -0.15) is 0 Å². The number of nitrogens with zero attached hydrogens (tertiary/aromatic N) is 1. The van der Waals surface area contributed by atoms with Crippen molar-refractivity contribution < 1.29 is 9.72 Å². The highest BCUT2D eigenvalue weighted by molar-refractivity contribution is 9.10. The highest BCUT2D eigenvalue weighted by atomic mass is 79.9. The quantitative estimate of drug-likeness (QED) is 0.474. The van der Waals surface area contributed by atoms with Crippen LogP contribution >= 0.6 is 15.9 Å². The Bertz CT molecular complexity index is 451. The second kappa shape index (κ2) is 7.07. The zero-order valence-electron chi connectivity index (χ0n) is 9.90. The molecular weight excluding hydrogens is 302 g/mol. The number of carbonyl (C=O) groups is 1. The summed E-state index contributed by atoms with van der Waals surface area (Å²) in [6.45, 7) is 3.11. The van der Waals surface area contributed by atoms with E-state index in [2.05, 4.69) is 26.6 Å². The zero-order valence-corrected chi connectivity index (χ0v) is 11.5. The number of benzene rings is 1. The van der Waals surface area contributed by atoms with E-state index >= 15 is 0 Å². The van der Waals surface area contributed by atoms with Crippen molar-refractivity contribution in [1.82, 2.24) is 10.6 Å². The lowest BCUT2D eigenvalue weighted by molar-refractivity contribution is -0.385. The molecule has 0 atom stereocenters. The third-order valence-electron chi connectivity index (χ3n) is 2.16. The van der Waals surface area contributed by atoms with Crippen LogP contribution in [-0.4, -0.2) is 23.9 Å². The van der Waals surface area contributed by atoms with Crippen molar-refractivity contribution in [3.05, 3.63) is 38.3 Å². The standard InChI is InChI=1S/C11H14BrN3O3/c1-8(16)14-3-2-13-7-9-4-10(12)6-11(5-9)15(17)18/h4-6,13H,2-3,7H2,1H3,(H,14,16). The van der Waals surface area contributed by atoms with Gasteiger partial charge in [-0.05, 0) is 11.6 Å². The SMILES string of the molecule is CC(=O)NCCNCc1cc(Br)cc([N+](=O)[O-])c1. The number of nitrogens with one attached hydrogen (secondary N) is 2. The average molecular weight is 316 g/mol. The molecular formula is C11H14BrN3O3. The van der Waals surface area contributed by atoms with E-state index in [1.807, 2.05) is 6.07 Å². The summed E-state index contributed by atoms with van der Waals surface area (Å²) >= 11 is 3.23.